The van der Waals surface area contributed by atoms with Crippen LogP contribution in [0.4, 0.5) is 25.0 Å². The molecule has 2 aromatic heterocycles. The van der Waals surface area contributed by atoms with Gasteiger partial charge >= 0.3 is 18.0 Å². The third kappa shape index (κ3) is 5.35. The van der Waals surface area contributed by atoms with Gasteiger partial charge in [-0.1, -0.05) is 0 Å². The zero-order valence-electron chi connectivity index (χ0n) is 20.0. The minimum atomic E-state index is -0.933. The summed E-state index contributed by atoms with van der Waals surface area (Å²) < 4.78 is 50.2. The van der Waals surface area contributed by atoms with Crippen LogP contribution in [0.2, 0.25) is 0 Å². The van der Waals surface area contributed by atoms with E-state index < -0.39 is 29.6 Å². The molecule has 2 aromatic carbocycles. The standard InChI is InChI=1S/C24H19F2N3O7S2/c1-33-16-6-13(26)14(7-17(16)36-8-11-12(25)4-5-18-20(11)27-10-38-18)28-24(32)29-15-9-37-21(23(31)35-3)19(15)22(30)34-2/h4-7,9-10H,8H2,1-3H3,(H2,28,29,32). The number of esters is 2. The lowest BCUT2D eigenvalue weighted by Gasteiger charge is -2.15. The molecule has 2 N–H and O–H groups in total. The number of thiophene rings is 1. The smallest absolute Gasteiger partial charge is 0.349 e. The maximum absolute atomic E-state index is 14.7. The minimum absolute atomic E-state index is 0.00727. The van der Waals surface area contributed by atoms with E-state index in [1.54, 1.807) is 11.6 Å². The summed E-state index contributed by atoms with van der Waals surface area (Å²) in [6.45, 7) is -0.242. The summed E-state index contributed by atoms with van der Waals surface area (Å²) in [5.41, 5.74) is 1.68. The number of rotatable bonds is 8. The van der Waals surface area contributed by atoms with Crippen molar-refractivity contribution >= 4 is 62.2 Å². The summed E-state index contributed by atoms with van der Waals surface area (Å²) in [5.74, 6) is -3.02. The number of fused-ring (bicyclic) bond motifs is 1. The van der Waals surface area contributed by atoms with Gasteiger partial charge in [-0.05, 0) is 12.1 Å². The van der Waals surface area contributed by atoms with Crippen LogP contribution in [0.15, 0.2) is 35.2 Å². The average molecular weight is 564 g/mol. The number of amides is 2. The molecule has 14 heteroatoms. The van der Waals surface area contributed by atoms with E-state index in [0.29, 0.717) is 5.52 Å². The van der Waals surface area contributed by atoms with Crippen molar-refractivity contribution < 1.29 is 42.1 Å². The highest BCUT2D eigenvalue weighted by Gasteiger charge is 2.26. The van der Waals surface area contributed by atoms with Crippen molar-refractivity contribution in [2.75, 3.05) is 32.0 Å². The number of ether oxygens (including phenoxy) is 4. The van der Waals surface area contributed by atoms with Crippen LogP contribution >= 0.6 is 22.7 Å². The zero-order chi connectivity index (χ0) is 27.4. The summed E-state index contributed by atoms with van der Waals surface area (Å²) >= 11 is 2.20. The number of nitrogens with one attached hydrogen (secondary N) is 2. The topological polar surface area (TPSA) is 125 Å². The molecular formula is C24H19F2N3O7S2. The van der Waals surface area contributed by atoms with Gasteiger partial charge in [-0.3, -0.25) is 0 Å². The van der Waals surface area contributed by atoms with Crippen molar-refractivity contribution in [1.82, 2.24) is 4.98 Å². The molecule has 4 aromatic rings. The molecule has 0 fully saturated rings. The molecule has 2 amide bonds. The summed E-state index contributed by atoms with van der Waals surface area (Å²) in [6.07, 6.45) is 0. The number of aromatic nitrogens is 1. The van der Waals surface area contributed by atoms with Crippen LogP contribution in [0, 0.1) is 11.6 Å². The number of methoxy groups -OCH3 is 3. The summed E-state index contributed by atoms with van der Waals surface area (Å²) in [7, 11) is 3.55. The van der Waals surface area contributed by atoms with Gasteiger partial charge in [0.2, 0.25) is 0 Å². The van der Waals surface area contributed by atoms with Gasteiger partial charge in [0.15, 0.2) is 17.3 Å². The maximum Gasteiger partial charge on any atom is 0.349 e. The number of hydrogen-bond acceptors (Lipinski definition) is 10. The quantitative estimate of drug-likeness (QED) is 0.272. The lowest BCUT2D eigenvalue weighted by molar-refractivity contribution is 0.0561. The molecule has 0 radical (unpaired) electrons. The van der Waals surface area contributed by atoms with Gasteiger partial charge in [0.05, 0.1) is 54.0 Å². The summed E-state index contributed by atoms with van der Waals surface area (Å²) in [4.78, 5) is 40.9. The van der Waals surface area contributed by atoms with E-state index in [0.717, 1.165) is 36.3 Å². The van der Waals surface area contributed by atoms with Crippen molar-refractivity contribution in [1.29, 1.82) is 0 Å². The Balaban J connectivity index is 1.56. The lowest BCUT2D eigenvalue weighted by Crippen LogP contribution is -2.22. The highest BCUT2D eigenvalue weighted by molar-refractivity contribution is 7.16. The Kier molecular flexibility index (Phi) is 8.02. The van der Waals surface area contributed by atoms with Crippen LogP contribution in [0.3, 0.4) is 0 Å². The van der Waals surface area contributed by atoms with Gasteiger partial charge in [0.25, 0.3) is 0 Å². The van der Waals surface area contributed by atoms with Crippen molar-refractivity contribution in [2.24, 2.45) is 0 Å². The predicted molar refractivity (Wildman–Crippen MR) is 137 cm³/mol. The number of hydrogen-bond donors (Lipinski definition) is 2. The largest absolute Gasteiger partial charge is 0.493 e. The van der Waals surface area contributed by atoms with E-state index in [1.807, 2.05) is 0 Å². The number of carbonyl (C=O) groups excluding carboxylic acids is 3. The van der Waals surface area contributed by atoms with Gasteiger partial charge in [-0.15, -0.1) is 22.7 Å². The first-order chi connectivity index (χ1) is 18.3. The summed E-state index contributed by atoms with van der Waals surface area (Å²) in [6, 6.07) is 4.14. The van der Waals surface area contributed by atoms with Crippen molar-refractivity contribution in [3.63, 3.8) is 0 Å². The normalized spacial score (nSPS) is 10.7. The molecule has 10 nitrogen and oxygen atoms in total. The fraction of sp³-hybridized carbons (Fsp3) is 0.167. The number of anilines is 2. The summed E-state index contributed by atoms with van der Waals surface area (Å²) in [5, 5.41) is 6.04. The van der Waals surface area contributed by atoms with E-state index in [4.69, 9.17) is 14.2 Å². The van der Waals surface area contributed by atoms with Gasteiger partial charge in [0.1, 0.15) is 22.9 Å². The van der Waals surface area contributed by atoms with Crippen molar-refractivity contribution in [2.45, 2.75) is 6.61 Å². The number of nitrogens with zero attached hydrogens (tertiary/aromatic N) is 1. The minimum Gasteiger partial charge on any atom is -0.493 e. The molecule has 0 spiro atoms. The Morgan fingerprint density at radius 3 is 2.37 bits per heavy atom. The highest BCUT2D eigenvalue weighted by atomic mass is 32.1. The van der Waals surface area contributed by atoms with Gasteiger partial charge < -0.3 is 29.6 Å². The number of benzene rings is 2. The predicted octanol–water partition coefficient (Wildman–Crippen LogP) is 5.44. The second kappa shape index (κ2) is 11.4. The average Bonchev–Trinajstić information content (AvgIpc) is 3.55. The molecule has 0 aliphatic heterocycles. The molecule has 4 rings (SSSR count). The number of thiazole rings is 1. The fourth-order valence-corrected chi connectivity index (χ4v) is 5.04. The van der Waals surface area contributed by atoms with Crippen LogP contribution < -0.4 is 20.1 Å². The Bertz CT molecular complexity index is 1540. The molecule has 0 aliphatic carbocycles. The molecule has 2 heterocycles. The first-order valence-corrected chi connectivity index (χ1v) is 12.4. The third-order valence-corrected chi connectivity index (χ3v) is 6.98. The zero-order valence-corrected chi connectivity index (χ0v) is 21.7. The van der Waals surface area contributed by atoms with E-state index >= 15 is 0 Å². The Morgan fingerprint density at radius 2 is 1.66 bits per heavy atom. The second-order valence-electron chi connectivity index (χ2n) is 7.41. The molecule has 38 heavy (non-hydrogen) atoms. The molecular weight excluding hydrogens is 544 g/mol. The lowest BCUT2D eigenvalue weighted by atomic mass is 10.2. The highest BCUT2D eigenvalue weighted by Crippen LogP contribution is 2.35. The van der Waals surface area contributed by atoms with E-state index in [2.05, 4.69) is 20.4 Å². The maximum atomic E-state index is 14.7. The SMILES string of the molecule is COC(=O)c1scc(NC(=O)Nc2cc(OCc3c(F)ccc4scnc34)c(OC)cc2F)c1C(=O)OC. The van der Waals surface area contributed by atoms with Crippen molar-refractivity contribution in [3.05, 3.63) is 62.8 Å². The van der Waals surface area contributed by atoms with E-state index in [-0.39, 0.29) is 45.5 Å². The molecule has 198 valence electrons. The molecule has 0 saturated carbocycles. The van der Waals surface area contributed by atoms with Gasteiger partial charge in [0, 0.05) is 17.5 Å². The number of urea groups is 1. The van der Waals surface area contributed by atoms with Crippen molar-refractivity contribution in [3.8, 4) is 11.5 Å². The third-order valence-electron chi connectivity index (χ3n) is 5.22. The van der Waals surface area contributed by atoms with E-state index in [1.165, 1.54) is 36.0 Å². The second-order valence-corrected chi connectivity index (χ2v) is 9.18. The van der Waals surface area contributed by atoms with Crippen LogP contribution in [0.25, 0.3) is 10.2 Å². The first-order valence-electron chi connectivity index (χ1n) is 10.6. The Labute approximate surface area is 222 Å². The molecule has 0 aliphatic rings. The number of halogens is 2. The fourth-order valence-electron chi connectivity index (χ4n) is 3.43. The molecule has 0 unspecified atom stereocenters. The van der Waals surface area contributed by atoms with Crippen LogP contribution in [-0.4, -0.2) is 44.3 Å². The Morgan fingerprint density at radius 1 is 0.921 bits per heavy atom. The molecule has 0 atom stereocenters. The Hall–Kier alpha value is -4.30. The number of carbonyl (C=O) groups is 3. The van der Waals surface area contributed by atoms with Crippen LogP contribution in [0.5, 0.6) is 11.5 Å². The van der Waals surface area contributed by atoms with Gasteiger partial charge in [-0.25, -0.2) is 28.1 Å². The molecule has 0 saturated heterocycles. The van der Waals surface area contributed by atoms with Gasteiger partial charge in [-0.2, -0.15) is 0 Å². The van der Waals surface area contributed by atoms with E-state index in [9.17, 15) is 23.2 Å². The first kappa shape index (κ1) is 26.8. The van der Waals surface area contributed by atoms with Crippen LogP contribution in [-0.2, 0) is 16.1 Å². The monoisotopic (exact) mass is 563 g/mol. The molecule has 0 bridgehead atoms. The van der Waals surface area contributed by atoms with Crippen LogP contribution in [0.1, 0.15) is 25.6 Å².